The molecule has 0 aliphatic carbocycles. The average molecular weight is 362 g/mol. The molecule has 0 aliphatic heterocycles. The average Bonchev–Trinajstić information content (AvgIpc) is 2.74. The summed E-state index contributed by atoms with van der Waals surface area (Å²) in [4.78, 5) is 14.0. The van der Waals surface area contributed by atoms with Gasteiger partial charge in [-0.25, -0.2) is 9.97 Å². The molecular weight excluding hydrogens is 344 g/mol. The van der Waals surface area contributed by atoms with Gasteiger partial charge in [0, 0.05) is 28.2 Å². The normalized spacial score (nSPS) is 11.0. The van der Waals surface area contributed by atoms with Gasteiger partial charge in [-0.2, -0.15) is 0 Å². The molecule has 0 fully saturated rings. The van der Waals surface area contributed by atoms with E-state index in [1.54, 1.807) is 6.20 Å². The van der Waals surface area contributed by atoms with Crippen molar-refractivity contribution in [2.24, 2.45) is 0 Å². The van der Waals surface area contributed by atoms with Crippen LogP contribution >= 0.6 is 0 Å². The van der Waals surface area contributed by atoms with E-state index in [0.29, 0.717) is 5.95 Å². The Morgan fingerprint density at radius 1 is 0.750 bits per heavy atom. The van der Waals surface area contributed by atoms with Gasteiger partial charge in [0.25, 0.3) is 0 Å². The van der Waals surface area contributed by atoms with Gasteiger partial charge in [-0.15, -0.1) is 0 Å². The molecular formula is C24H18N4. The lowest BCUT2D eigenvalue weighted by atomic mass is 10.0. The van der Waals surface area contributed by atoms with E-state index in [1.807, 2.05) is 48.5 Å². The van der Waals surface area contributed by atoms with Crippen molar-refractivity contribution in [1.82, 2.24) is 15.0 Å². The number of aromatic nitrogens is 3. The number of nitrogens with zero attached hydrogens (tertiary/aromatic N) is 3. The van der Waals surface area contributed by atoms with E-state index in [-0.39, 0.29) is 0 Å². The highest BCUT2D eigenvalue weighted by Gasteiger charge is 2.10. The summed E-state index contributed by atoms with van der Waals surface area (Å²) in [5.74, 6) is 0.582. The molecule has 0 spiro atoms. The quantitative estimate of drug-likeness (QED) is 0.434. The maximum Gasteiger partial charge on any atom is 0.228 e. The maximum atomic E-state index is 4.85. The third-order valence-electron chi connectivity index (χ3n) is 4.76. The highest BCUT2D eigenvalue weighted by Crippen LogP contribution is 2.29. The first-order valence-corrected chi connectivity index (χ1v) is 9.22. The standard InChI is InChI=1S/C24H18N4/c1-16-9-11-22-20(14-16)23(17-6-3-2-4-7-17)28-24(27-22)26-19-10-12-21-18(15-19)8-5-13-25-21/h2-15H,1H3,(H,26,27,28). The summed E-state index contributed by atoms with van der Waals surface area (Å²) >= 11 is 0. The van der Waals surface area contributed by atoms with Gasteiger partial charge in [-0.1, -0.05) is 48.0 Å². The number of pyridine rings is 1. The third-order valence-corrected chi connectivity index (χ3v) is 4.76. The molecule has 0 aliphatic rings. The molecule has 0 amide bonds. The number of nitrogens with one attached hydrogen (secondary N) is 1. The molecule has 2 aromatic heterocycles. The molecule has 0 saturated carbocycles. The molecule has 2 heterocycles. The zero-order chi connectivity index (χ0) is 18.9. The van der Waals surface area contributed by atoms with Crippen molar-refractivity contribution >= 4 is 33.4 Å². The lowest BCUT2D eigenvalue weighted by Gasteiger charge is -2.11. The van der Waals surface area contributed by atoms with Gasteiger partial charge >= 0.3 is 0 Å². The Morgan fingerprint density at radius 3 is 2.50 bits per heavy atom. The maximum absolute atomic E-state index is 4.85. The molecule has 5 aromatic rings. The minimum Gasteiger partial charge on any atom is -0.324 e. The van der Waals surface area contributed by atoms with E-state index < -0.39 is 0 Å². The summed E-state index contributed by atoms with van der Waals surface area (Å²) in [6, 6.07) is 26.6. The third kappa shape index (κ3) is 3.05. The van der Waals surface area contributed by atoms with Crippen LogP contribution in [0.25, 0.3) is 33.1 Å². The minimum absolute atomic E-state index is 0.582. The molecule has 5 rings (SSSR count). The fourth-order valence-corrected chi connectivity index (χ4v) is 3.40. The van der Waals surface area contributed by atoms with Gasteiger partial charge in [0.05, 0.1) is 16.7 Å². The molecule has 0 saturated heterocycles. The van der Waals surface area contributed by atoms with Crippen LogP contribution in [0.4, 0.5) is 11.6 Å². The number of fused-ring (bicyclic) bond motifs is 2. The summed E-state index contributed by atoms with van der Waals surface area (Å²) in [6.07, 6.45) is 1.80. The molecule has 4 nitrogen and oxygen atoms in total. The van der Waals surface area contributed by atoms with E-state index in [1.165, 1.54) is 5.56 Å². The Kier molecular flexibility index (Phi) is 3.95. The molecule has 0 unspecified atom stereocenters. The SMILES string of the molecule is Cc1ccc2nc(Nc3ccc4ncccc4c3)nc(-c3ccccc3)c2c1. The predicted octanol–water partition coefficient (Wildman–Crippen LogP) is 5.90. The highest BCUT2D eigenvalue weighted by molar-refractivity contribution is 5.94. The smallest absolute Gasteiger partial charge is 0.228 e. The van der Waals surface area contributed by atoms with Crippen LogP contribution in [0.2, 0.25) is 0 Å². The number of benzene rings is 3. The topological polar surface area (TPSA) is 50.7 Å². The monoisotopic (exact) mass is 362 g/mol. The van der Waals surface area contributed by atoms with Gasteiger partial charge in [0.2, 0.25) is 5.95 Å². The molecule has 134 valence electrons. The van der Waals surface area contributed by atoms with E-state index in [2.05, 4.69) is 47.6 Å². The lowest BCUT2D eigenvalue weighted by molar-refractivity contribution is 1.21. The Morgan fingerprint density at radius 2 is 1.61 bits per heavy atom. The molecule has 0 atom stereocenters. The predicted molar refractivity (Wildman–Crippen MR) is 115 cm³/mol. The zero-order valence-electron chi connectivity index (χ0n) is 15.4. The Balaban J connectivity index is 1.64. The van der Waals surface area contributed by atoms with Crippen molar-refractivity contribution in [2.45, 2.75) is 6.92 Å². The number of hydrogen-bond donors (Lipinski definition) is 1. The first-order valence-electron chi connectivity index (χ1n) is 9.22. The molecule has 0 bridgehead atoms. The number of anilines is 2. The highest BCUT2D eigenvalue weighted by atomic mass is 15.1. The molecule has 4 heteroatoms. The minimum atomic E-state index is 0.582. The second kappa shape index (κ2) is 6.74. The second-order valence-corrected chi connectivity index (χ2v) is 6.82. The van der Waals surface area contributed by atoms with Crippen molar-refractivity contribution < 1.29 is 0 Å². The van der Waals surface area contributed by atoms with Crippen LogP contribution in [-0.2, 0) is 0 Å². The molecule has 0 radical (unpaired) electrons. The summed E-state index contributed by atoms with van der Waals surface area (Å²) in [7, 11) is 0. The fraction of sp³-hybridized carbons (Fsp3) is 0.0417. The van der Waals surface area contributed by atoms with Crippen LogP contribution in [0.5, 0.6) is 0 Å². The summed E-state index contributed by atoms with van der Waals surface area (Å²) in [5, 5.41) is 5.49. The van der Waals surface area contributed by atoms with Gasteiger partial charge in [-0.05, 0) is 43.3 Å². The van der Waals surface area contributed by atoms with Crippen LogP contribution in [-0.4, -0.2) is 15.0 Å². The Hall–Kier alpha value is -3.79. The van der Waals surface area contributed by atoms with Crippen molar-refractivity contribution in [3.8, 4) is 11.3 Å². The fourth-order valence-electron chi connectivity index (χ4n) is 3.40. The van der Waals surface area contributed by atoms with Crippen LogP contribution in [0.1, 0.15) is 5.56 Å². The van der Waals surface area contributed by atoms with Crippen molar-refractivity contribution in [2.75, 3.05) is 5.32 Å². The number of hydrogen-bond acceptors (Lipinski definition) is 4. The Labute approximate surface area is 162 Å². The van der Waals surface area contributed by atoms with Crippen LogP contribution in [0, 0.1) is 6.92 Å². The van der Waals surface area contributed by atoms with Crippen LogP contribution < -0.4 is 5.32 Å². The van der Waals surface area contributed by atoms with Crippen LogP contribution in [0.3, 0.4) is 0 Å². The Bertz CT molecular complexity index is 1300. The van der Waals surface area contributed by atoms with E-state index in [4.69, 9.17) is 9.97 Å². The molecule has 1 N–H and O–H groups in total. The number of aryl methyl sites for hydroxylation is 1. The van der Waals surface area contributed by atoms with Gasteiger partial charge in [0.1, 0.15) is 0 Å². The first kappa shape index (κ1) is 16.4. The largest absolute Gasteiger partial charge is 0.324 e. The van der Waals surface area contributed by atoms with Crippen molar-refractivity contribution in [3.63, 3.8) is 0 Å². The van der Waals surface area contributed by atoms with E-state index in [0.717, 1.165) is 38.8 Å². The first-order chi connectivity index (χ1) is 13.8. The summed E-state index contributed by atoms with van der Waals surface area (Å²) < 4.78 is 0. The van der Waals surface area contributed by atoms with E-state index in [9.17, 15) is 0 Å². The number of rotatable bonds is 3. The van der Waals surface area contributed by atoms with Gasteiger partial charge in [-0.3, -0.25) is 4.98 Å². The second-order valence-electron chi connectivity index (χ2n) is 6.82. The molecule has 3 aromatic carbocycles. The molecule has 28 heavy (non-hydrogen) atoms. The lowest BCUT2D eigenvalue weighted by Crippen LogP contribution is -2.00. The zero-order valence-corrected chi connectivity index (χ0v) is 15.4. The summed E-state index contributed by atoms with van der Waals surface area (Å²) in [6.45, 7) is 2.09. The summed E-state index contributed by atoms with van der Waals surface area (Å²) in [5.41, 5.74) is 6.02. The van der Waals surface area contributed by atoms with Crippen molar-refractivity contribution in [3.05, 3.63) is 90.6 Å². The van der Waals surface area contributed by atoms with E-state index >= 15 is 0 Å². The van der Waals surface area contributed by atoms with Crippen LogP contribution in [0.15, 0.2) is 85.1 Å². The van der Waals surface area contributed by atoms with Gasteiger partial charge < -0.3 is 5.32 Å². The van der Waals surface area contributed by atoms with Gasteiger partial charge in [0.15, 0.2) is 0 Å². The van der Waals surface area contributed by atoms with Crippen molar-refractivity contribution in [1.29, 1.82) is 0 Å².